The van der Waals surface area contributed by atoms with E-state index in [0.717, 1.165) is 23.7 Å². The van der Waals surface area contributed by atoms with Crippen molar-refractivity contribution in [2.24, 2.45) is 29.2 Å². The third-order valence-electron chi connectivity index (χ3n) is 8.93. The molecule has 1 aromatic heterocycles. The molecule has 3 unspecified atom stereocenters. The Balaban J connectivity index is 1.24. The zero-order valence-corrected chi connectivity index (χ0v) is 24.6. The molecule has 0 bridgehead atoms. The molecule has 3 aliphatic rings. The van der Waals surface area contributed by atoms with Crippen LogP contribution in [0, 0.1) is 17.8 Å². The quantitative estimate of drug-likeness (QED) is 0.437. The highest BCUT2D eigenvalue weighted by atomic mass is 19.4. The maximum absolute atomic E-state index is 14.1. The minimum absolute atomic E-state index is 0.0240. The summed E-state index contributed by atoms with van der Waals surface area (Å²) in [7, 11) is 0. The van der Waals surface area contributed by atoms with E-state index in [1.54, 1.807) is 18.7 Å². The van der Waals surface area contributed by atoms with Crippen LogP contribution < -0.4 is 22.5 Å². The van der Waals surface area contributed by atoms with Crippen LogP contribution in [0.1, 0.15) is 31.9 Å². The average Bonchev–Trinajstić information content (AvgIpc) is 3.41. The molecule has 3 heterocycles. The van der Waals surface area contributed by atoms with Crippen molar-refractivity contribution in [1.82, 2.24) is 24.3 Å². The zero-order valence-electron chi connectivity index (χ0n) is 24.6. The maximum atomic E-state index is 14.1. The van der Waals surface area contributed by atoms with Crippen molar-refractivity contribution in [2.45, 2.75) is 44.9 Å². The molecule has 2 saturated heterocycles. The summed E-state index contributed by atoms with van der Waals surface area (Å²) in [6, 6.07) is 4.66. The Morgan fingerprint density at radius 2 is 1.70 bits per heavy atom. The molecule has 0 spiro atoms. The molecule has 2 aliphatic heterocycles. The minimum atomic E-state index is -4.61. The first-order chi connectivity index (χ1) is 20.2. The number of aromatic nitrogens is 2. The molecule has 43 heavy (non-hydrogen) atoms. The van der Waals surface area contributed by atoms with Crippen molar-refractivity contribution in [3.63, 3.8) is 0 Å². The minimum Gasteiger partial charge on any atom is -0.338 e. The second-order valence-electron chi connectivity index (χ2n) is 12.5. The van der Waals surface area contributed by atoms with E-state index in [4.69, 9.17) is 11.5 Å². The fourth-order valence-corrected chi connectivity index (χ4v) is 6.37. The number of carbonyl (C=O) groups is 2. The van der Waals surface area contributed by atoms with Crippen molar-refractivity contribution in [3.05, 3.63) is 52.1 Å². The summed E-state index contributed by atoms with van der Waals surface area (Å²) in [6.07, 6.45) is -3.10. The molecule has 3 atom stereocenters. The highest BCUT2D eigenvalue weighted by Gasteiger charge is 2.55. The van der Waals surface area contributed by atoms with Gasteiger partial charge in [-0.2, -0.15) is 18.2 Å². The van der Waals surface area contributed by atoms with E-state index in [9.17, 15) is 27.6 Å². The van der Waals surface area contributed by atoms with Gasteiger partial charge in [0, 0.05) is 51.5 Å². The van der Waals surface area contributed by atoms with E-state index >= 15 is 0 Å². The molecule has 1 saturated carbocycles. The number of hydrogen-bond acceptors (Lipinski definition) is 7. The predicted molar refractivity (Wildman–Crippen MR) is 155 cm³/mol. The predicted octanol–water partition coefficient (Wildman–Crippen LogP) is 1.73. The van der Waals surface area contributed by atoms with Gasteiger partial charge in [0.05, 0.1) is 16.8 Å². The van der Waals surface area contributed by atoms with Gasteiger partial charge in [-0.25, -0.2) is 9.59 Å². The highest BCUT2D eigenvalue weighted by molar-refractivity contribution is 5.89. The van der Waals surface area contributed by atoms with Gasteiger partial charge in [0.25, 0.3) is 0 Å². The number of rotatable bonds is 7. The summed E-state index contributed by atoms with van der Waals surface area (Å²) in [5.74, 6) is 1.40. The number of alkyl halides is 3. The van der Waals surface area contributed by atoms with Gasteiger partial charge in [-0.3, -0.25) is 19.6 Å². The van der Waals surface area contributed by atoms with E-state index in [-0.39, 0.29) is 48.5 Å². The van der Waals surface area contributed by atoms with Crippen LogP contribution in [0.5, 0.6) is 0 Å². The number of fused-ring (bicyclic) bond motifs is 1. The van der Waals surface area contributed by atoms with Gasteiger partial charge in [-0.05, 0) is 75.3 Å². The Bertz CT molecular complexity index is 1420. The van der Waals surface area contributed by atoms with E-state index in [1.807, 2.05) is 6.92 Å². The number of likely N-dealkylation sites (tertiary alicyclic amines) is 1. The number of halogens is 3. The number of hydrogen-bond donors (Lipinski definition) is 3. The van der Waals surface area contributed by atoms with Gasteiger partial charge in [0.1, 0.15) is 5.82 Å². The number of piperidine rings is 1. The largest absolute Gasteiger partial charge is 0.416 e. The lowest BCUT2D eigenvalue weighted by atomic mass is 9.98. The summed E-state index contributed by atoms with van der Waals surface area (Å²) >= 11 is 0. The summed E-state index contributed by atoms with van der Waals surface area (Å²) in [6.45, 7) is 8.72. The third kappa shape index (κ3) is 6.55. The maximum Gasteiger partial charge on any atom is 0.416 e. The molecule has 11 nitrogen and oxygen atoms in total. The lowest BCUT2D eigenvalue weighted by Crippen LogP contribution is -2.58. The molecule has 1 aliphatic carbocycles. The molecular weight excluding hydrogens is 565 g/mol. The van der Waals surface area contributed by atoms with Crippen molar-refractivity contribution >= 4 is 17.8 Å². The number of nitrogens with one attached hydrogen (secondary N) is 1. The van der Waals surface area contributed by atoms with Crippen molar-refractivity contribution in [2.75, 3.05) is 51.1 Å². The van der Waals surface area contributed by atoms with Crippen LogP contribution in [0.25, 0.3) is 5.69 Å². The molecule has 14 heteroatoms. The summed E-state index contributed by atoms with van der Waals surface area (Å²) in [5, 5.41) is 2.55. The second kappa shape index (κ2) is 11.5. The summed E-state index contributed by atoms with van der Waals surface area (Å²) in [4.78, 5) is 47.1. The van der Waals surface area contributed by atoms with Crippen LogP contribution in [0.4, 0.5) is 23.8 Å². The number of carbonyl (C=O) groups excluding carboxylic acids is 2. The van der Waals surface area contributed by atoms with E-state index in [2.05, 4.69) is 15.2 Å². The Hall–Kier alpha value is -3.49. The number of nitrogens with zero attached hydrogens (tertiary/aromatic N) is 5. The first kappa shape index (κ1) is 31.0. The Morgan fingerprint density at radius 3 is 2.26 bits per heavy atom. The fourth-order valence-electron chi connectivity index (χ4n) is 6.37. The SMILES string of the molecule is CC(Cc1ccc(-n2ccc(NC(=O)N3CCN(C(=O)C(C)(C)N)CC3)nc2=O)cc1C(F)(F)F)N1CC2C(CN)C2C1. The van der Waals surface area contributed by atoms with Crippen LogP contribution in [-0.2, 0) is 17.4 Å². The van der Waals surface area contributed by atoms with Crippen LogP contribution in [-0.4, -0.2) is 93.6 Å². The Morgan fingerprint density at radius 1 is 1.07 bits per heavy atom. The number of nitrogens with two attached hydrogens (primary N) is 2. The molecule has 5 rings (SSSR count). The van der Waals surface area contributed by atoms with E-state index in [1.165, 1.54) is 29.3 Å². The van der Waals surface area contributed by atoms with Crippen LogP contribution >= 0.6 is 0 Å². The number of urea groups is 1. The fraction of sp³-hybridized carbons (Fsp3) is 0.586. The molecule has 5 N–H and O–H groups in total. The van der Waals surface area contributed by atoms with Crippen LogP contribution in [0.2, 0.25) is 0 Å². The summed E-state index contributed by atoms with van der Waals surface area (Å²) in [5.41, 5.74) is 9.22. The van der Waals surface area contributed by atoms with Crippen molar-refractivity contribution in [1.29, 1.82) is 0 Å². The zero-order chi connectivity index (χ0) is 31.3. The molecular formula is C29H39F3N8O3. The van der Waals surface area contributed by atoms with E-state index in [0.29, 0.717) is 37.4 Å². The topological polar surface area (TPSA) is 143 Å². The molecule has 2 aromatic rings. The standard InChI is InChI=1S/C29H39F3N8O3/c1-17(39-15-21-20(14-33)22(21)16-39)12-18-4-5-19(13-23(18)29(30,31)32)40-7-6-24(36-27(40)43)35-26(42)38-10-8-37(9-11-38)25(41)28(2,3)34/h4-7,13,17,20-22H,8-12,14-16,33-34H2,1-3H3,(H,35,36,42,43). The monoisotopic (exact) mass is 604 g/mol. The van der Waals surface area contributed by atoms with Gasteiger partial charge < -0.3 is 21.3 Å². The van der Waals surface area contributed by atoms with Gasteiger partial charge >= 0.3 is 17.9 Å². The van der Waals surface area contributed by atoms with Crippen molar-refractivity contribution < 1.29 is 22.8 Å². The second-order valence-corrected chi connectivity index (χ2v) is 12.5. The Labute approximate surface area is 248 Å². The first-order valence-corrected chi connectivity index (χ1v) is 14.6. The average molecular weight is 605 g/mol. The first-order valence-electron chi connectivity index (χ1n) is 14.6. The molecule has 0 radical (unpaired) electrons. The molecule has 3 fully saturated rings. The lowest BCUT2D eigenvalue weighted by molar-refractivity contribution is -0.138. The van der Waals surface area contributed by atoms with Gasteiger partial charge in [-0.1, -0.05) is 6.07 Å². The van der Waals surface area contributed by atoms with Gasteiger partial charge in [0.15, 0.2) is 0 Å². The van der Waals surface area contributed by atoms with Crippen LogP contribution in [0.3, 0.4) is 0 Å². The lowest BCUT2D eigenvalue weighted by Gasteiger charge is -2.37. The number of piperazine rings is 1. The highest BCUT2D eigenvalue weighted by Crippen LogP contribution is 2.51. The van der Waals surface area contributed by atoms with Gasteiger partial charge in [0.2, 0.25) is 5.91 Å². The Kier molecular flexibility index (Phi) is 8.31. The number of benzene rings is 1. The normalized spacial score (nSPS) is 23.2. The number of amides is 3. The molecule has 1 aromatic carbocycles. The molecule has 3 amide bonds. The summed E-state index contributed by atoms with van der Waals surface area (Å²) < 4.78 is 43.4. The number of anilines is 1. The smallest absolute Gasteiger partial charge is 0.338 e. The van der Waals surface area contributed by atoms with Gasteiger partial charge in [-0.15, -0.1) is 0 Å². The third-order valence-corrected chi connectivity index (χ3v) is 8.93. The van der Waals surface area contributed by atoms with E-state index < -0.39 is 29.0 Å². The molecule has 234 valence electrons. The van der Waals surface area contributed by atoms with Crippen LogP contribution in [0.15, 0.2) is 35.3 Å². The van der Waals surface area contributed by atoms with Crippen molar-refractivity contribution in [3.8, 4) is 5.69 Å².